The van der Waals surface area contributed by atoms with E-state index in [1.54, 1.807) is 19.1 Å². The molecule has 0 aliphatic heterocycles. The van der Waals surface area contributed by atoms with E-state index in [0.29, 0.717) is 6.42 Å². The molecular weight excluding hydrogens is 212 g/mol. The van der Waals surface area contributed by atoms with Crippen molar-refractivity contribution in [3.8, 4) is 0 Å². The van der Waals surface area contributed by atoms with Crippen molar-refractivity contribution in [1.82, 2.24) is 0 Å². The first-order valence-electron chi connectivity index (χ1n) is 5.63. The maximum absolute atomic E-state index is 11.0. The molecule has 0 bridgehead atoms. The van der Waals surface area contributed by atoms with Crippen LogP contribution in [0.15, 0.2) is 60.8 Å². The van der Waals surface area contributed by atoms with Gasteiger partial charge in [-0.05, 0) is 24.1 Å². The Morgan fingerprint density at radius 3 is 2.47 bits per heavy atom. The zero-order valence-corrected chi connectivity index (χ0v) is 10.6. The largest absolute Gasteiger partial charge is 0.461 e. The van der Waals surface area contributed by atoms with Gasteiger partial charge in [0.15, 0.2) is 0 Å². The molecule has 0 radical (unpaired) electrons. The summed E-state index contributed by atoms with van der Waals surface area (Å²) < 4.78 is 5.00. The zero-order chi connectivity index (χ0) is 13.1. The van der Waals surface area contributed by atoms with Crippen molar-refractivity contribution in [2.24, 2.45) is 0 Å². The number of hydrogen-bond donors (Lipinski definition) is 0. The lowest BCUT2D eigenvalue weighted by atomic mass is 10.0. The van der Waals surface area contributed by atoms with Gasteiger partial charge in [-0.2, -0.15) is 0 Å². The summed E-state index contributed by atoms with van der Waals surface area (Å²) in [5, 5.41) is 0. The van der Waals surface area contributed by atoms with E-state index in [9.17, 15) is 4.79 Å². The minimum atomic E-state index is -0.200. The molecule has 0 spiro atoms. The van der Waals surface area contributed by atoms with Crippen LogP contribution in [0, 0.1) is 0 Å². The molecule has 17 heavy (non-hydrogen) atoms. The van der Waals surface area contributed by atoms with E-state index in [1.165, 1.54) is 0 Å². The molecule has 0 aliphatic carbocycles. The Morgan fingerprint density at radius 2 is 2.00 bits per heavy atom. The van der Waals surface area contributed by atoms with E-state index in [-0.39, 0.29) is 12.6 Å². The van der Waals surface area contributed by atoms with Crippen molar-refractivity contribution in [2.45, 2.75) is 20.3 Å². The first-order valence-corrected chi connectivity index (χ1v) is 5.63. The summed E-state index contributed by atoms with van der Waals surface area (Å²) in [6.07, 6.45) is 11.4. The number of hydrogen-bond acceptors (Lipinski definition) is 2. The minimum Gasteiger partial charge on any atom is -0.461 e. The van der Waals surface area contributed by atoms with Crippen LogP contribution >= 0.6 is 0 Å². The molecule has 0 aliphatic rings. The topological polar surface area (TPSA) is 26.3 Å². The lowest BCUT2D eigenvalue weighted by Crippen LogP contribution is -2.02. The SMILES string of the molecule is C=C/C=C(/C=C)C(=CCOC(=O)CC)/C=C\C. The second kappa shape index (κ2) is 9.40. The molecule has 0 saturated heterocycles. The predicted octanol–water partition coefficient (Wildman–Crippen LogP) is 3.74. The summed E-state index contributed by atoms with van der Waals surface area (Å²) in [4.78, 5) is 11.0. The van der Waals surface area contributed by atoms with Crippen LogP contribution < -0.4 is 0 Å². The van der Waals surface area contributed by atoms with Crippen LogP contribution in [0.4, 0.5) is 0 Å². The minimum absolute atomic E-state index is 0.200. The molecule has 0 heterocycles. The van der Waals surface area contributed by atoms with Gasteiger partial charge in [0.2, 0.25) is 0 Å². The molecule has 0 fully saturated rings. The van der Waals surface area contributed by atoms with E-state index < -0.39 is 0 Å². The molecule has 0 unspecified atom stereocenters. The monoisotopic (exact) mass is 232 g/mol. The Bertz CT molecular complexity index is 357. The molecule has 0 N–H and O–H groups in total. The molecule has 0 atom stereocenters. The van der Waals surface area contributed by atoms with Crippen LogP contribution in [0.25, 0.3) is 0 Å². The van der Waals surface area contributed by atoms with Crippen molar-refractivity contribution < 1.29 is 9.53 Å². The number of esters is 1. The van der Waals surface area contributed by atoms with Gasteiger partial charge in [-0.3, -0.25) is 4.79 Å². The van der Waals surface area contributed by atoms with Crippen molar-refractivity contribution in [2.75, 3.05) is 6.61 Å². The molecule has 92 valence electrons. The highest BCUT2D eigenvalue weighted by Crippen LogP contribution is 2.13. The number of carbonyl (C=O) groups excluding carboxylic acids is 1. The number of rotatable bonds is 7. The molecular formula is C15H20O2. The van der Waals surface area contributed by atoms with Crippen LogP contribution in [0.1, 0.15) is 20.3 Å². The zero-order valence-electron chi connectivity index (χ0n) is 10.6. The fourth-order valence-corrected chi connectivity index (χ4v) is 1.20. The lowest BCUT2D eigenvalue weighted by molar-refractivity contribution is -0.141. The Labute approximate surface area is 104 Å². The normalized spacial score (nSPS) is 12.6. The Morgan fingerprint density at radius 1 is 1.29 bits per heavy atom. The highest BCUT2D eigenvalue weighted by Gasteiger charge is 1.99. The van der Waals surface area contributed by atoms with Gasteiger partial charge in [-0.1, -0.05) is 50.5 Å². The van der Waals surface area contributed by atoms with E-state index in [0.717, 1.165) is 11.1 Å². The molecule has 0 saturated carbocycles. The van der Waals surface area contributed by atoms with Crippen LogP contribution in [0.2, 0.25) is 0 Å². The molecule has 0 aromatic heterocycles. The van der Waals surface area contributed by atoms with E-state index in [1.807, 2.05) is 31.2 Å². The fourth-order valence-electron chi connectivity index (χ4n) is 1.20. The van der Waals surface area contributed by atoms with Gasteiger partial charge in [0.25, 0.3) is 0 Å². The second-order valence-corrected chi connectivity index (χ2v) is 3.26. The molecule has 2 nitrogen and oxygen atoms in total. The maximum Gasteiger partial charge on any atom is 0.305 e. The molecule has 0 amide bonds. The standard InChI is InChI=1S/C15H20O2/c1-5-9-13(7-3)14(10-6-2)11-12-17-15(16)8-4/h5-7,9-11H,1,3,8,12H2,2,4H3/b10-6-,13-9-,14-11?. The fraction of sp³-hybridized carbons (Fsp3) is 0.267. The van der Waals surface area contributed by atoms with Crippen molar-refractivity contribution in [3.63, 3.8) is 0 Å². The smallest absolute Gasteiger partial charge is 0.305 e. The van der Waals surface area contributed by atoms with Gasteiger partial charge in [0, 0.05) is 6.42 Å². The summed E-state index contributed by atoms with van der Waals surface area (Å²) in [6, 6.07) is 0. The quantitative estimate of drug-likeness (QED) is 0.493. The maximum atomic E-state index is 11.0. The summed E-state index contributed by atoms with van der Waals surface area (Å²) in [6.45, 7) is 11.4. The van der Waals surface area contributed by atoms with Crippen LogP contribution in [0.5, 0.6) is 0 Å². The Balaban J connectivity index is 4.77. The lowest BCUT2D eigenvalue weighted by Gasteiger charge is -2.04. The first-order chi connectivity index (χ1) is 8.19. The average molecular weight is 232 g/mol. The molecule has 0 aromatic carbocycles. The van der Waals surface area contributed by atoms with Gasteiger partial charge in [0.05, 0.1) is 0 Å². The number of carbonyl (C=O) groups is 1. The Kier molecular flexibility index (Phi) is 8.39. The van der Waals surface area contributed by atoms with Gasteiger partial charge >= 0.3 is 5.97 Å². The van der Waals surface area contributed by atoms with Crippen LogP contribution in [-0.4, -0.2) is 12.6 Å². The van der Waals surface area contributed by atoms with Crippen molar-refractivity contribution in [3.05, 3.63) is 60.8 Å². The highest BCUT2D eigenvalue weighted by molar-refractivity contribution is 5.69. The van der Waals surface area contributed by atoms with Crippen LogP contribution in [-0.2, 0) is 9.53 Å². The third-order valence-electron chi connectivity index (χ3n) is 2.03. The third-order valence-corrected chi connectivity index (χ3v) is 2.03. The summed E-state index contributed by atoms with van der Waals surface area (Å²) in [5.41, 5.74) is 1.91. The van der Waals surface area contributed by atoms with Gasteiger partial charge in [-0.15, -0.1) is 0 Å². The van der Waals surface area contributed by atoms with Gasteiger partial charge in [-0.25, -0.2) is 0 Å². The molecule has 0 rings (SSSR count). The average Bonchev–Trinajstić information content (AvgIpc) is 2.34. The van der Waals surface area contributed by atoms with Gasteiger partial charge in [0.1, 0.15) is 6.61 Å². The summed E-state index contributed by atoms with van der Waals surface area (Å²) in [5.74, 6) is -0.200. The van der Waals surface area contributed by atoms with Gasteiger partial charge < -0.3 is 4.74 Å². The highest BCUT2D eigenvalue weighted by atomic mass is 16.5. The first kappa shape index (κ1) is 15.2. The number of allylic oxidation sites excluding steroid dienone is 7. The number of ether oxygens (including phenoxy) is 1. The van der Waals surface area contributed by atoms with Crippen LogP contribution in [0.3, 0.4) is 0 Å². The third kappa shape index (κ3) is 6.36. The molecule has 0 aromatic rings. The Hall–Kier alpha value is -1.83. The van der Waals surface area contributed by atoms with E-state index in [2.05, 4.69) is 13.2 Å². The summed E-state index contributed by atoms with van der Waals surface area (Å²) in [7, 11) is 0. The van der Waals surface area contributed by atoms with Crippen molar-refractivity contribution >= 4 is 5.97 Å². The van der Waals surface area contributed by atoms with E-state index >= 15 is 0 Å². The van der Waals surface area contributed by atoms with E-state index in [4.69, 9.17) is 4.74 Å². The molecule has 2 heteroatoms. The van der Waals surface area contributed by atoms with Crippen molar-refractivity contribution in [1.29, 1.82) is 0 Å². The summed E-state index contributed by atoms with van der Waals surface area (Å²) >= 11 is 0. The predicted molar refractivity (Wildman–Crippen MR) is 72.6 cm³/mol. The second-order valence-electron chi connectivity index (χ2n) is 3.26.